The maximum absolute atomic E-state index is 11.9. The van der Waals surface area contributed by atoms with E-state index in [1.165, 1.54) is 19.3 Å². The SMILES string of the molecule is CCOC(=O)c1ccc(NCCC(=O)NC2CCCCC2)cc1. The number of anilines is 1. The summed E-state index contributed by atoms with van der Waals surface area (Å²) < 4.78 is 4.94. The maximum atomic E-state index is 11.9. The van der Waals surface area contributed by atoms with Gasteiger partial charge in [-0.1, -0.05) is 19.3 Å². The number of rotatable bonds is 7. The molecule has 1 amide bonds. The number of amides is 1. The van der Waals surface area contributed by atoms with Crippen LogP contribution < -0.4 is 10.6 Å². The number of esters is 1. The normalized spacial score (nSPS) is 15.0. The Morgan fingerprint density at radius 1 is 1.13 bits per heavy atom. The van der Waals surface area contributed by atoms with E-state index in [0.29, 0.717) is 31.2 Å². The van der Waals surface area contributed by atoms with Crippen molar-refractivity contribution in [3.63, 3.8) is 0 Å². The number of carbonyl (C=O) groups is 2. The largest absolute Gasteiger partial charge is 0.462 e. The summed E-state index contributed by atoms with van der Waals surface area (Å²) in [6, 6.07) is 7.46. The van der Waals surface area contributed by atoms with Crippen molar-refractivity contribution >= 4 is 17.6 Å². The first-order valence-electron chi connectivity index (χ1n) is 8.49. The summed E-state index contributed by atoms with van der Waals surface area (Å²) in [5.74, 6) is -0.210. The van der Waals surface area contributed by atoms with Gasteiger partial charge in [-0.15, -0.1) is 0 Å². The third-order valence-electron chi connectivity index (χ3n) is 4.05. The van der Waals surface area contributed by atoms with Crippen LogP contribution in [-0.2, 0) is 9.53 Å². The summed E-state index contributed by atoms with van der Waals surface area (Å²) >= 11 is 0. The lowest BCUT2D eigenvalue weighted by Crippen LogP contribution is -2.36. The van der Waals surface area contributed by atoms with Crippen LogP contribution in [0.3, 0.4) is 0 Å². The van der Waals surface area contributed by atoms with Crippen LogP contribution in [0.5, 0.6) is 0 Å². The first-order valence-corrected chi connectivity index (χ1v) is 8.49. The quantitative estimate of drug-likeness (QED) is 0.758. The van der Waals surface area contributed by atoms with Gasteiger partial charge in [0.2, 0.25) is 5.91 Å². The fourth-order valence-electron chi connectivity index (χ4n) is 2.81. The smallest absolute Gasteiger partial charge is 0.338 e. The highest BCUT2D eigenvalue weighted by Gasteiger charge is 2.15. The highest BCUT2D eigenvalue weighted by Crippen LogP contribution is 2.17. The molecule has 0 radical (unpaired) electrons. The molecule has 1 aromatic carbocycles. The summed E-state index contributed by atoms with van der Waals surface area (Å²) in [4.78, 5) is 23.5. The highest BCUT2D eigenvalue weighted by molar-refractivity contribution is 5.89. The molecule has 2 N–H and O–H groups in total. The predicted molar refractivity (Wildman–Crippen MR) is 90.5 cm³/mol. The Hall–Kier alpha value is -2.04. The van der Waals surface area contributed by atoms with Gasteiger partial charge in [-0.25, -0.2) is 4.79 Å². The van der Waals surface area contributed by atoms with E-state index in [2.05, 4.69) is 10.6 Å². The molecule has 23 heavy (non-hydrogen) atoms. The molecule has 0 aliphatic heterocycles. The van der Waals surface area contributed by atoms with E-state index in [4.69, 9.17) is 4.74 Å². The minimum Gasteiger partial charge on any atom is -0.462 e. The lowest BCUT2D eigenvalue weighted by Gasteiger charge is -2.22. The van der Waals surface area contributed by atoms with Gasteiger partial charge >= 0.3 is 5.97 Å². The Kier molecular flexibility index (Phi) is 6.91. The highest BCUT2D eigenvalue weighted by atomic mass is 16.5. The number of benzene rings is 1. The van der Waals surface area contributed by atoms with Gasteiger partial charge in [-0.2, -0.15) is 0 Å². The first-order chi connectivity index (χ1) is 11.2. The van der Waals surface area contributed by atoms with Crippen LogP contribution in [0, 0.1) is 0 Å². The van der Waals surface area contributed by atoms with Gasteiger partial charge in [0.05, 0.1) is 12.2 Å². The number of ether oxygens (including phenoxy) is 1. The minimum atomic E-state index is -0.314. The fourth-order valence-corrected chi connectivity index (χ4v) is 2.81. The molecule has 1 aromatic rings. The van der Waals surface area contributed by atoms with Gasteiger partial charge in [0, 0.05) is 24.7 Å². The predicted octanol–water partition coefficient (Wildman–Crippen LogP) is 3.11. The van der Waals surface area contributed by atoms with Crippen LogP contribution in [0.25, 0.3) is 0 Å². The van der Waals surface area contributed by atoms with E-state index in [1.807, 2.05) is 12.1 Å². The van der Waals surface area contributed by atoms with E-state index in [9.17, 15) is 9.59 Å². The topological polar surface area (TPSA) is 67.4 Å². The van der Waals surface area contributed by atoms with Gasteiger partial charge in [0.15, 0.2) is 0 Å². The Labute approximate surface area is 137 Å². The number of hydrogen-bond donors (Lipinski definition) is 2. The van der Waals surface area contributed by atoms with Crippen LogP contribution in [0.2, 0.25) is 0 Å². The average Bonchev–Trinajstić information content (AvgIpc) is 2.56. The molecule has 2 rings (SSSR count). The summed E-state index contributed by atoms with van der Waals surface area (Å²) in [5, 5.41) is 6.30. The monoisotopic (exact) mass is 318 g/mol. The molecule has 1 saturated carbocycles. The van der Waals surface area contributed by atoms with E-state index < -0.39 is 0 Å². The van der Waals surface area contributed by atoms with Crippen LogP contribution in [-0.4, -0.2) is 31.1 Å². The van der Waals surface area contributed by atoms with E-state index in [1.54, 1.807) is 19.1 Å². The zero-order valence-electron chi connectivity index (χ0n) is 13.8. The Bertz CT molecular complexity index is 508. The molecule has 0 atom stereocenters. The Morgan fingerprint density at radius 3 is 2.48 bits per heavy atom. The molecule has 0 aromatic heterocycles. The van der Waals surface area contributed by atoms with Gasteiger partial charge in [-0.3, -0.25) is 4.79 Å². The molecule has 1 aliphatic rings. The second-order valence-corrected chi connectivity index (χ2v) is 5.88. The van der Waals surface area contributed by atoms with E-state index in [-0.39, 0.29) is 11.9 Å². The standard InChI is InChI=1S/C18H26N2O3/c1-2-23-18(22)14-8-10-15(11-9-14)19-13-12-17(21)20-16-6-4-3-5-7-16/h8-11,16,19H,2-7,12-13H2,1H3,(H,20,21). The minimum absolute atomic E-state index is 0.104. The van der Waals surface area contributed by atoms with Crippen molar-refractivity contribution in [1.29, 1.82) is 0 Å². The van der Waals surface area contributed by atoms with Crippen LogP contribution in [0.1, 0.15) is 55.8 Å². The van der Waals surface area contributed by atoms with Crippen molar-refractivity contribution in [2.24, 2.45) is 0 Å². The van der Waals surface area contributed by atoms with Crippen LogP contribution in [0.4, 0.5) is 5.69 Å². The lowest BCUT2D eigenvalue weighted by atomic mass is 9.95. The Morgan fingerprint density at radius 2 is 1.83 bits per heavy atom. The molecule has 5 heteroatoms. The summed E-state index contributed by atoms with van der Waals surface area (Å²) in [5.41, 5.74) is 1.43. The second-order valence-electron chi connectivity index (χ2n) is 5.88. The summed E-state index contributed by atoms with van der Waals surface area (Å²) in [6.07, 6.45) is 6.39. The maximum Gasteiger partial charge on any atom is 0.338 e. The molecule has 0 heterocycles. The zero-order valence-corrected chi connectivity index (χ0v) is 13.8. The van der Waals surface area contributed by atoms with Crippen LogP contribution in [0.15, 0.2) is 24.3 Å². The molecular weight excluding hydrogens is 292 g/mol. The van der Waals surface area contributed by atoms with Crippen molar-refractivity contribution in [3.05, 3.63) is 29.8 Å². The molecule has 0 saturated heterocycles. The fraction of sp³-hybridized carbons (Fsp3) is 0.556. The summed E-state index contributed by atoms with van der Waals surface area (Å²) in [7, 11) is 0. The molecule has 0 unspecified atom stereocenters. The van der Waals surface area contributed by atoms with Gasteiger partial charge < -0.3 is 15.4 Å². The van der Waals surface area contributed by atoms with Crippen molar-refractivity contribution in [1.82, 2.24) is 5.32 Å². The zero-order chi connectivity index (χ0) is 16.5. The Balaban J connectivity index is 1.69. The summed E-state index contributed by atoms with van der Waals surface area (Å²) in [6.45, 7) is 2.73. The molecule has 0 bridgehead atoms. The molecule has 5 nitrogen and oxygen atoms in total. The van der Waals surface area contributed by atoms with Crippen molar-refractivity contribution < 1.29 is 14.3 Å². The third-order valence-corrected chi connectivity index (χ3v) is 4.05. The average molecular weight is 318 g/mol. The van der Waals surface area contributed by atoms with Crippen molar-refractivity contribution in [3.8, 4) is 0 Å². The van der Waals surface area contributed by atoms with Crippen molar-refractivity contribution in [2.75, 3.05) is 18.5 Å². The lowest BCUT2D eigenvalue weighted by molar-refractivity contribution is -0.121. The van der Waals surface area contributed by atoms with Crippen molar-refractivity contribution in [2.45, 2.75) is 51.5 Å². The van der Waals surface area contributed by atoms with Crippen LogP contribution >= 0.6 is 0 Å². The van der Waals surface area contributed by atoms with Gasteiger partial charge in [0.1, 0.15) is 0 Å². The molecule has 1 aliphatic carbocycles. The van der Waals surface area contributed by atoms with Gasteiger partial charge in [-0.05, 0) is 44.0 Å². The van der Waals surface area contributed by atoms with Gasteiger partial charge in [0.25, 0.3) is 0 Å². The molecule has 0 spiro atoms. The number of carbonyl (C=O) groups excluding carboxylic acids is 2. The third kappa shape index (κ3) is 5.93. The number of hydrogen-bond acceptors (Lipinski definition) is 4. The molecule has 1 fully saturated rings. The number of nitrogens with one attached hydrogen (secondary N) is 2. The van der Waals surface area contributed by atoms with E-state index >= 15 is 0 Å². The molecular formula is C18H26N2O3. The first kappa shape index (κ1) is 17.3. The van der Waals surface area contributed by atoms with E-state index in [0.717, 1.165) is 18.5 Å². The molecule has 126 valence electrons. The second kappa shape index (κ2) is 9.18.